The maximum atomic E-state index is 6.43. The lowest BCUT2D eigenvalue weighted by molar-refractivity contribution is 0.673. The molecule has 0 aliphatic heterocycles. The summed E-state index contributed by atoms with van der Waals surface area (Å²) < 4.78 is 11.0. The molecule has 0 fully saturated rings. The molecule has 0 radical (unpaired) electrons. The molecule has 0 amide bonds. The van der Waals surface area contributed by atoms with Crippen molar-refractivity contribution in [1.29, 1.82) is 0 Å². The fraction of sp³-hybridized carbons (Fsp3) is 0. The molecule has 192 valence electrons. The summed E-state index contributed by atoms with van der Waals surface area (Å²) in [4.78, 5) is 9.52. The zero-order valence-electron chi connectivity index (χ0n) is 21.9. The van der Waals surface area contributed by atoms with Gasteiger partial charge in [0.25, 0.3) is 0 Å². The first-order valence-electron chi connectivity index (χ1n) is 13.7. The smallest absolute Gasteiger partial charge is 0.145 e. The molecular weight excluding hydrogens is 504 g/mol. The number of benzene rings is 5. The van der Waals surface area contributed by atoms with Crippen LogP contribution in [0.1, 0.15) is 0 Å². The first-order valence-corrected chi connectivity index (χ1v) is 13.7. The van der Waals surface area contributed by atoms with Gasteiger partial charge >= 0.3 is 0 Å². The molecule has 0 aliphatic rings. The van der Waals surface area contributed by atoms with E-state index in [9.17, 15) is 0 Å². The van der Waals surface area contributed by atoms with Gasteiger partial charge in [-0.05, 0) is 72.8 Å². The number of imidazole rings is 1. The second-order valence-electron chi connectivity index (χ2n) is 10.3. The van der Waals surface area contributed by atoms with Crippen LogP contribution in [0.15, 0.2) is 138 Å². The van der Waals surface area contributed by atoms with Crippen molar-refractivity contribution in [2.24, 2.45) is 0 Å². The summed E-state index contributed by atoms with van der Waals surface area (Å²) in [5.74, 6) is 0.916. The van der Waals surface area contributed by atoms with Gasteiger partial charge in [-0.15, -0.1) is 0 Å². The molecular formula is C36H22N4O. The number of hydrogen-bond acceptors (Lipinski definition) is 3. The van der Waals surface area contributed by atoms with Crippen molar-refractivity contribution >= 4 is 54.8 Å². The number of furan rings is 1. The van der Waals surface area contributed by atoms with Gasteiger partial charge < -0.3 is 8.98 Å². The molecule has 0 saturated heterocycles. The average Bonchev–Trinajstić information content (AvgIpc) is 3.71. The molecule has 0 atom stereocenters. The Bertz CT molecular complexity index is 2410. The zero-order valence-corrected chi connectivity index (χ0v) is 21.9. The molecule has 5 nitrogen and oxygen atoms in total. The Kier molecular flexibility index (Phi) is 4.55. The standard InChI is InChI=1S/C36H22N4O/c1-2-8-24(9-3-1)40-31-12-6-5-11-29(31)38-36(40)23-14-16-25(17-15-23)39-30-20-21-37-22-28(30)34-32(39)19-18-27-26-10-4-7-13-33(26)41-35(27)34/h1-22H. The minimum absolute atomic E-state index is 0.894. The number of nitrogens with zero attached hydrogens (tertiary/aromatic N) is 4. The van der Waals surface area contributed by atoms with Crippen LogP contribution in [0.5, 0.6) is 0 Å². The van der Waals surface area contributed by atoms with Gasteiger partial charge in [0.2, 0.25) is 0 Å². The van der Waals surface area contributed by atoms with Crippen molar-refractivity contribution in [2.45, 2.75) is 0 Å². The van der Waals surface area contributed by atoms with Crippen molar-refractivity contribution in [3.63, 3.8) is 0 Å². The van der Waals surface area contributed by atoms with Crippen LogP contribution in [0, 0.1) is 0 Å². The molecule has 0 unspecified atom stereocenters. The maximum absolute atomic E-state index is 6.43. The molecule has 9 rings (SSSR count). The van der Waals surface area contributed by atoms with Gasteiger partial charge in [0.05, 0.1) is 27.5 Å². The Morgan fingerprint density at radius 1 is 0.537 bits per heavy atom. The fourth-order valence-corrected chi connectivity index (χ4v) is 6.23. The second-order valence-corrected chi connectivity index (χ2v) is 10.3. The van der Waals surface area contributed by atoms with Crippen LogP contribution in [0.4, 0.5) is 0 Å². The molecule has 0 saturated carbocycles. The lowest BCUT2D eigenvalue weighted by atomic mass is 10.1. The van der Waals surface area contributed by atoms with E-state index in [1.165, 1.54) is 0 Å². The third-order valence-corrected chi connectivity index (χ3v) is 8.03. The number of aromatic nitrogens is 4. The third-order valence-electron chi connectivity index (χ3n) is 8.03. The number of fused-ring (bicyclic) bond motifs is 8. The third kappa shape index (κ3) is 3.17. The van der Waals surface area contributed by atoms with Gasteiger partial charge in [-0.3, -0.25) is 9.55 Å². The first-order chi connectivity index (χ1) is 20.3. The molecule has 4 heterocycles. The number of para-hydroxylation sites is 4. The van der Waals surface area contributed by atoms with Crippen LogP contribution in [0.25, 0.3) is 77.5 Å². The fourth-order valence-electron chi connectivity index (χ4n) is 6.23. The SMILES string of the molecule is c1ccc(-n2c(-c3ccc(-n4c5ccncc5c5c6oc7ccccc7c6ccc54)cc3)nc3ccccc32)cc1. The molecule has 4 aromatic heterocycles. The first kappa shape index (κ1) is 22.2. The lowest BCUT2D eigenvalue weighted by Gasteiger charge is -2.11. The number of hydrogen-bond donors (Lipinski definition) is 0. The normalized spacial score (nSPS) is 11.9. The van der Waals surface area contributed by atoms with Crippen LogP contribution < -0.4 is 0 Å². The van der Waals surface area contributed by atoms with Crippen molar-refractivity contribution in [3.05, 3.63) is 134 Å². The van der Waals surface area contributed by atoms with Crippen LogP contribution in [0.3, 0.4) is 0 Å². The largest absolute Gasteiger partial charge is 0.455 e. The molecule has 0 bridgehead atoms. The summed E-state index contributed by atoms with van der Waals surface area (Å²) in [6.07, 6.45) is 3.79. The van der Waals surface area contributed by atoms with E-state index < -0.39 is 0 Å². The van der Waals surface area contributed by atoms with Crippen LogP contribution >= 0.6 is 0 Å². The van der Waals surface area contributed by atoms with Gasteiger partial charge in [0.15, 0.2) is 0 Å². The number of pyridine rings is 1. The van der Waals surface area contributed by atoms with Crippen molar-refractivity contribution in [2.75, 3.05) is 0 Å². The summed E-state index contributed by atoms with van der Waals surface area (Å²) in [6, 6.07) is 42.0. The van der Waals surface area contributed by atoms with E-state index in [4.69, 9.17) is 9.40 Å². The van der Waals surface area contributed by atoms with Gasteiger partial charge in [0, 0.05) is 45.5 Å². The number of rotatable bonds is 3. The summed E-state index contributed by atoms with van der Waals surface area (Å²) in [5, 5.41) is 4.39. The quantitative estimate of drug-likeness (QED) is 0.231. The van der Waals surface area contributed by atoms with Crippen LogP contribution in [0.2, 0.25) is 0 Å². The Balaban J connectivity index is 1.26. The molecule has 0 spiro atoms. The van der Waals surface area contributed by atoms with Crippen molar-refractivity contribution in [3.8, 4) is 22.8 Å². The van der Waals surface area contributed by atoms with E-state index in [-0.39, 0.29) is 0 Å². The summed E-state index contributed by atoms with van der Waals surface area (Å²) in [5.41, 5.74) is 9.23. The molecule has 5 heteroatoms. The highest BCUT2D eigenvalue weighted by Crippen LogP contribution is 2.40. The highest BCUT2D eigenvalue weighted by Gasteiger charge is 2.19. The molecule has 0 aliphatic carbocycles. The average molecular weight is 527 g/mol. The van der Waals surface area contributed by atoms with Gasteiger partial charge in [-0.25, -0.2) is 4.98 Å². The Morgan fingerprint density at radius 2 is 1.32 bits per heavy atom. The molecule has 5 aromatic carbocycles. The second kappa shape index (κ2) is 8.41. The predicted octanol–water partition coefficient (Wildman–Crippen LogP) is 9.08. The summed E-state index contributed by atoms with van der Waals surface area (Å²) in [7, 11) is 0. The Morgan fingerprint density at radius 3 is 2.22 bits per heavy atom. The predicted molar refractivity (Wildman–Crippen MR) is 166 cm³/mol. The minimum atomic E-state index is 0.894. The van der Waals surface area contributed by atoms with E-state index in [2.05, 4.69) is 111 Å². The monoisotopic (exact) mass is 526 g/mol. The highest BCUT2D eigenvalue weighted by molar-refractivity contribution is 6.23. The van der Waals surface area contributed by atoms with Gasteiger partial charge in [-0.2, -0.15) is 0 Å². The Hall–Kier alpha value is -5.68. The topological polar surface area (TPSA) is 48.8 Å². The zero-order chi connectivity index (χ0) is 26.9. The van der Waals surface area contributed by atoms with E-state index in [0.29, 0.717) is 0 Å². The van der Waals surface area contributed by atoms with Crippen molar-refractivity contribution in [1.82, 2.24) is 19.1 Å². The summed E-state index contributed by atoms with van der Waals surface area (Å²) >= 11 is 0. The van der Waals surface area contributed by atoms with E-state index in [0.717, 1.165) is 77.5 Å². The van der Waals surface area contributed by atoms with Gasteiger partial charge in [-0.1, -0.05) is 48.5 Å². The molecule has 9 aromatic rings. The van der Waals surface area contributed by atoms with E-state index in [1.807, 2.05) is 36.7 Å². The maximum Gasteiger partial charge on any atom is 0.145 e. The molecule has 41 heavy (non-hydrogen) atoms. The molecule has 0 N–H and O–H groups in total. The van der Waals surface area contributed by atoms with Crippen LogP contribution in [-0.2, 0) is 0 Å². The Labute approximate surface area is 234 Å². The van der Waals surface area contributed by atoms with Crippen LogP contribution in [-0.4, -0.2) is 19.1 Å². The van der Waals surface area contributed by atoms with Crippen molar-refractivity contribution < 1.29 is 4.42 Å². The lowest BCUT2D eigenvalue weighted by Crippen LogP contribution is -1.98. The summed E-state index contributed by atoms with van der Waals surface area (Å²) in [6.45, 7) is 0. The van der Waals surface area contributed by atoms with E-state index in [1.54, 1.807) is 0 Å². The van der Waals surface area contributed by atoms with Gasteiger partial charge in [0.1, 0.15) is 17.0 Å². The van der Waals surface area contributed by atoms with E-state index >= 15 is 0 Å². The highest BCUT2D eigenvalue weighted by atomic mass is 16.3. The minimum Gasteiger partial charge on any atom is -0.455 e.